The number of carbonyl (C=O) groups is 2. The number of nitrogens with zero attached hydrogens (tertiary/aromatic N) is 1. The highest BCUT2D eigenvalue weighted by atomic mass is 16.4. The van der Waals surface area contributed by atoms with Gasteiger partial charge in [-0.1, -0.05) is 0 Å². The Balaban J connectivity index is 1.90. The highest BCUT2D eigenvalue weighted by Gasteiger charge is 2.34. The van der Waals surface area contributed by atoms with Crippen molar-refractivity contribution in [2.45, 2.75) is 51.5 Å². The fourth-order valence-corrected chi connectivity index (χ4v) is 3.53. The lowest BCUT2D eigenvalue weighted by Gasteiger charge is -2.37. The van der Waals surface area contributed by atoms with Gasteiger partial charge in [0.2, 0.25) is 5.91 Å². The van der Waals surface area contributed by atoms with Crippen LogP contribution in [0.15, 0.2) is 0 Å². The second-order valence-electron chi connectivity index (χ2n) is 5.99. The molecule has 1 aliphatic carbocycles. The summed E-state index contributed by atoms with van der Waals surface area (Å²) in [5, 5.41) is 12.3. The van der Waals surface area contributed by atoms with Crippen LogP contribution in [0.4, 0.5) is 0 Å². The summed E-state index contributed by atoms with van der Waals surface area (Å²) in [6, 6.07) is 0.367. The van der Waals surface area contributed by atoms with E-state index >= 15 is 0 Å². The molecule has 0 unspecified atom stereocenters. The Morgan fingerprint density at radius 3 is 2.10 bits per heavy atom. The number of hydrogen-bond acceptors (Lipinski definition) is 3. The summed E-state index contributed by atoms with van der Waals surface area (Å²) in [7, 11) is 0. The van der Waals surface area contributed by atoms with E-state index in [2.05, 4.69) is 5.32 Å². The Bertz CT molecular complexity index is 345. The molecule has 0 aromatic heterocycles. The number of nitrogens with one attached hydrogen (secondary N) is 1. The Morgan fingerprint density at radius 2 is 1.60 bits per heavy atom. The number of aliphatic carboxylic acids is 1. The number of rotatable bonds is 4. The molecule has 1 aliphatic heterocycles. The molecule has 2 rings (SSSR count). The van der Waals surface area contributed by atoms with Crippen LogP contribution in [-0.4, -0.2) is 47.6 Å². The van der Waals surface area contributed by atoms with Gasteiger partial charge in [-0.25, -0.2) is 0 Å². The SMILES string of the molecule is CCN(C(=O)C1CCC(C(=O)O)CC1)C1CCNCC1. The molecular weight excluding hydrogens is 256 g/mol. The lowest BCUT2D eigenvalue weighted by molar-refractivity contribution is -0.146. The van der Waals surface area contributed by atoms with Crippen molar-refractivity contribution < 1.29 is 14.7 Å². The Kier molecular flexibility index (Phi) is 5.40. The molecule has 5 nitrogen and oxygen atoms in total. The van der Waals surface area contributed by atoms with Crippen LogP contribution in [-0.2, 0) is 9.59 Å². The molecule has 1 saturated carbocycles. The Morgan fingerprint density at radius 1 is 1.05 bits per heavy atom. The van der Waals surface area contributed by atoms with Crippen molar-refractivity contribution in [1.82, 2.24) is 10.2 Å². The zero-order valence-corrected chi connectivity index (χ0v) is 12.3. The number of carbonyl (C=O) groups excluding carboxylic acids is 1. The van der Waals surface area contributed by atoms with E-state index in [0.29, 0.717) is 18.9 Å². The van der Waals surface area contributed by atoms with Gasteiger partial charge in [0.05, 0.1) is 5.92 Å². The number of carboxylic acid groups (broad SMARTS) is 1. The second kappa shape index (κ2) is 7.07. The van der Waals surface area contributed by atoms with E-state index in [1.165, 1.54) is 0 Å². The van der Waals surface area contributed by atoms with E-state index in [4.69, 9.17) is 5.11 Å². The number of amides is 1. The van der Waals surface area contributed by atoms with E-state index in [0.717, 1.165) is 45.3 Å². The average Bonchev–Trinajstić information content (AvgIpc) is 2.49. The molecule has 0 aromatic carbocycles. The van der Waals surface area contributed by atoms with Gasteiger partial charge in [-0.2, -0.15) is 0 Å². The van der Waals surface area contributed by atoms with Crippen LogP contribution in [0.3, 0.4) is 0 Å². The average molecular weight is 282 g/mol. The summed E-state index contributed by atoms with van der Waals surface area (Å²) in [6.45, 7) is 4.78. The van der Waals surface area contributed by atoms with Gasteiger partial charge in [-0.3, -0.25) is 9.59 Å². The fraction of sp³-hybridized carbons (Fsp3) is 0.867. The van der Waals surface area contributed by atoms with Crippen molar-refractivity contribution in [2.24, 2.45) is 11.8 Å². The van der Waals surface area contributed by atoms with E-state index in [-0.39, 0.29) is 17.7 Å². The van der Waals surface area contributed by atoms with Gasteiger partial charge in [0.25, 0.3) is 0 Å². The number of carboxylic acids is 1. The van der Waals surface area contributed by atoms with Crippen molar-refractivity contribution >= 4 is 11.9 Å². The minimum absolute atomic E-state index is 0.0421. The molecule has 2 N–H and O–H groups in total. The molecule has 0 bridgehead atoms. The molecule has 1 saturated heterocycles. The molecule has 5 heteroatoms. The summed E-state index contributed by atoms with van der Waals surface area (Å²) < 4.78 is 0. The predicted octanol–water partition coefficient (Wildman–Crippen LogP) is 1.48. The maximum absolute atomic E-state index is 12.7. The van der Waals surface area contributed by atoms with E-state index in [9.17, 15) is 9.59 Å². The molecule has 0 radical (unpaired) electrons. The second-order valence-corrected chi connectivity index (χ2v) is 5.99. The van der Waals surface area contributed by atoms with Gasteiger partial charge < -0.3 is 15.3 Å². The first-order valence-corrected chi connectivity index (χ1v) is 7.87. The van der Waals surface area contributed by atoms with Crippen LogP contribution in [0.1, 0.15) is 45.4 Å². The summed E-state index contributed by atoms with van der Waals surface area (Å²) in [6.07, 6.45) is 4.83. The van der Waals surface area contributed by atoms with Gasteiger partial charge in [-0.15, -0.1) is 0 Å². The highest BCUT2D eigenvalue weighted by Crippen LogP contribution is 2.31. The first kappa shape index (κ1) is 15.3. The lowest BCUT2D eigenvalue weighted by atomic mass is 9.81. The first-order valence-electron chi connectivity index (χ1n) is 7.87. The normalized spacial score (nSPS) is 28.1. The molecule has 0 spiro atoms. The van der Waals surface area contributed by atoms with Crippen LogP contribution >= 0.6 is 0 Å². The molecule has 1 heterocycles. The van der Waals surface area contributed by atoms with Crippen LogP contribution in [0.2, 0.25) is 0 Å². The predicted molar refractivity (Wildman–Crippen MR) is 76.4 cm³/mol. The van der Waals surface area contributed by atoms with Gasteiger partial charge in [-0.05, 0) is 58.5 Å². The van der Waals surface area contributed by atoms with Crippen molar-refractivity contribution in [2.75, 3.05) is 19.6 Å². The summed E-state index contributed by atoms with van der Waals surface area (Å²) >= 11 is 0. The third-order valence-electron chi connectivity index (χ3n) is 4.80. The number of piperidine rings is 1. The monoisotopic (exact) mass is 282 g/mol. The maximum atomic E-state index is 12.7. The van der Waals surface area contributed by atoms with E-state index < -0.39 is 5.97 Å². The highest BCUT2D eigenvalue weighted by molar-refractivity contribution is 5.79. The molecule has 2 aliphatic rings. The van der Waals surface area contributed by atoms with Gasteiger partial charge in [0.15, 0.2) is 0 Å². The topological polar surface area (TPSA) is 69.6 Å². The fourth-order valence-electron chi connectivity index (χ4n) is 3.53. The summed E-state index contributed by atoms with van der Waals surface area (Å²) in [5.74, 6) is -0.654. The van der Waals surface area contributed by atoms with Crippen molar-refractivity contribution in [3.63, 3.8) is 0 Å². The third-order valence-corrected chi connectivity index (χ3v) is 4.80. The van der Waals surface area contributed by atoms with Crippen LogP contribution < -0.4 is 5.32 Å². The minimum Gasteiger partial charge on any atom is -0.481 e. The largest absolute Gasteiger partial charge is 0.481 e. The standard InChI is InChI=1S/C15H26N2O3/c1-2-17(13-7-9-16-10-8-13)14(18)11-3-5-12(6-4-11)15(19)20/h11-13,16H,2-10H2,1H3,(H,19,20). The molecule has 1 amide bonds. The van der Waals surface area contributed by atoms with Crippen molar-refractivity contribution in [3.8, 4) is 0 Å². The van der Waals surface area contributed by atoms with Gasteiger partial charge in [0, 0.05) is 18.5 Å². The quantitative estimate of drug-likeness (QED) is 0.819. The van der Waals surface area contributed by atoms with Crippen LogP contribution in [0.5, 0.6) is 0 Å². The van der Waals surface area contributed by atoms with Gasteiger partial charge in [0.1, 0.15) is 0 Å². The zero-order chi connectivity index (χ0) is 14.5. The smallest absolute Gasteiger partial charge is 0.306 e. The third kappa shape index (κ3) is 3.51. The van der Waals surface area contributed by atoms with Crippen LogP contribution in [0, 0.1) is 11.8 Å². The molecule has 2 fully saturated rings. The first-order chi connectivity index (χ1) is 9.63. The molecule has 20 heavy (non-hydrogen) atoms. The summed E-state index contributed by atoms with van der Waals surface area (Å²) in [4.78, 5) is 25.7. The van der Waals surface area contributed by atoms with Crippen molar-refractivity contribution in [3.05, 3.63) is 0 Å². The Hall–Kier alpha value is -1.10. The maximum Gasteiger partial charge on any atom is 0.306 e. The van der Waals surface area contributed by atoms with E-state index in [1.54, 1.807) is 0 Å². The molecular formula is C15H26N2O3. The zero-order valence-electron chi connectivity index (χ0n) is 12.3. The van der Waals surface area contributed by atoms with Gasteiger partial charge >= 0.3 is 5.97 Å². The summed E-state index contributed by atoms with van der Waals surface area (Å²) in [5.41, 5.74) is 0. The lowest BCUT2D eigenvalue weighted by Crippen LogP contribution is -2.48. The number of hydrogen-bond donors (Lipinski definition) is 2. The van der Waals surface area contributed by atoms with Crippen molar-refractivity contribution in [1.29, 1.82) is 0 Å². The minimum atomic E-state index is -0.707. The van der Waals surface area contributed by atoms with E-state index in [1.807, 2.05) is 11.8 Å². The Labute approximate surface area is 120 Å². The molecule has 0 aromatic rings. The van der Waals surface area contributed by atoms with Crippen LogP contribution in [0.25, 0.3) is 0 Å². The molecule has 0 atom stereocenters. The molecule has 114 valence electrons.